The maximum atomic E-state index is 12.5. The molecular formula is C21H29N3O3. The van der Waals surface area contributed by atoms with E-state index in [1.165, 1.54) is 24.6 Å². The maximum absolute atomic E-state index is 12.5. The minimum absolute atomic E-state index is 0.0662. The van der Waals surface area contributed by atoms with Crippen LogP contribution in [-0.2, 0) is 6.42 Å². The third kappa shape index (κ3) is 5.32. The summed E-state index contributed by atoms with van der Waals surface area (Å²) in [4.78, 5) is 20.8. The Morgan fingerprint density at radius 2 is 2.33 bits per heavy atom. The van der Waals surface area contributed by atoms with Gasteiger partial charge in [0.1, 0.15) is 5.75 Å². The van der Waals surface area contributed by atoms with Crippen molar-refractivity contribution in [1.29, 1.82) is 0 Å². The number of aromatic nitrogens is 1. The summed E-state index contributed by atoms with van der Waals surface area (Å²) in [6.07, 6.45) is 6.15. The number of rotatable bonds is 8. The highest BCUT2D eigenvalue weighted by Crippen LogP contribution is 2.20. The molecule has 2 heterocycles. The van der Waals surface area contributed by atoms with Gasteiger partial charge in [0.2, 0.25) is 5.76 Å². The van der Waals surface area contributed by atoms with Crippen LogP contribution >= 0.6 is 0 Å². The van der Waals surface area contributed by atoms with Crippen molar-refractivity contribution in [3.63, 3.8) is 0 Å². The number of benzene rings is 1. The molecule has 1 amide bonds. The number of hydrogen-bond acceptors (Lipinski definition) is 5. The summed E-state index contributed by atoms with van der Waals surface area (Å²) in [5.41, 5.74) is 1.30. The molecule has 27 heavy (non-hydrogen) atoms. The van der Waals surface area contributed by atoms with Crippen LogP contribution in [0.25, 0.3) is 0 Å². The largest absolute Gasteiger partial charge is 0.497 e. The molecule has 0 aliphatic carbocycles. The average molecular weight is 371 g/mol. The monoisotopic (exact) mass is 371 g/mol. The van der Waals surface area contributed by atoms with Gasteiger partial charge in [-0.15, -0.1) is 0 Å². The molecule has 0 spiro atoms. The van der Waals surface area contributed by atoms with E-state index >= 15 is 0 Å². The molecule has 1 aliphatic heterocycles. The number of piperidine rings is 1. The fourth-order valence-electron chi connectivity index (χ4n) is 3.76. The summed E-state index contributed by atoms with van der Waals surface area (Å²) in [6, 6.07) is 8.28. The number of oxazole rings is 1. The van der Waals surface area contributed by atoms with E-state index in [4.69, 9.17) is 9.15 Å². The topological polar surface area (TPSA) is 58.8 Å². The summed E-state index contributed by atoms with van der Waals surface area (Å²) >= 11 is 0. The third-order valence-corrected chi connectivity index (χ3v) is 5.24. The zero-order valence-electron chi connectivity index (χ0n) is 16.3. The van der Waals surface area contributed by atoms with E-state index < -0.39 is 0 Å². The Bertz CT molecular complexity index is 717. The number of carbonyl (C=O) groups excluding carboxylic acids is 1. The highest BCUT2D eigenvalue weighted by molar-refractivity contribution is 5.91. The van der Waals surface area contributed by atoms with Crippen LogP contribution < -0.4 is 4.74 Å². The van der Waals surface area contributed by atoms with Crippen molar-refractivity contribution >= 4 is 5.91 Å². The van der Waals surface area contributed by atoms with Crippen LogP contribution in [0, 0.1) is 5.92 Å². The van der Waals surface area contributed by atoms with Gasteiger partial charge in [-0.3, -0.25) is 4.79 Å². The van der Waals surface area contributed by atoms with E-state index in [9.17, 15) is 4.79 Å². The van der Waals surface area contributed by atoms with Gasteiger partial charge in [-0.2, -0.15) is 0 Å². The molecule has 146 valence electrons. The van der Waals surface area contributed by atoms with Crippen molar-refractivity contribution in [2.75, 3.05) is 39.8 Å². The van der Waals surface area contributed by atoms with Crippen LogP contribution in [0.1, 0.15) is 35.9 Å². The first kappa shape index (κ1) is 19.4. The Balaban J connectivity index is 1.51. The molecule has 1 fully saturated rings. The van der Waals surface area contributed by atoms with Gasteiger partial charge in [0, 0.05) is 26.2 Å². The highest BCUT2D eigenvalue weighted by atomic mass is 16.5. The molecule has 1 atom stereocenters. The van der Waals surface area contributed by atoms with Crippen LogP contribution in [0.4, 0.5) is 0 Å². The standard InChI is InChI=1S/C21H29N3O3/c1-3-24(21(25)20-13-22-16-27-20)15-18-7-5-10-23(14-18)11-9-17-6-4-8-19(12-17)26-2/h4,6,8,12-13,16,18H,3,5,7,9-11,14-15H2,1-2H3/t18-/m1/s1. The molecular weight excluding hydrogens is 342 g/mol. The van der Waals surface area contributed by atoms with E-state index in [1.54, 1.807) is 7.11 Å². The highest BCUT2D eigenvalue weighted by Gasteiger charge is 2.25. The lowest BCUT2D eigenvalue weighted by molar-refractivity contribution is 0.0660. The summed E-state index contributed by atoms with van der Waals surface area (Å²) in [5.74, 6) is 1.66. The van der Waals surface area contributed by atoms with Crippen molar-refractivity contribution in [1.82, 2.24) is 14.8 Å². The summed E-state index contributed by atoms with van der Waals surface area (Å²) in [5, 5.41) is 0. The lowest BCUT2D eigenvalue weighted by Gasteiger charge is -2.35. The Labute approximate surface area is 161 Å². The molecule has 0 radical (unpaired) electrons. The second-order valence-electron chi connectivity index (χ2n) is 7.12. The molecule has 3 rings (SSSR count). The van der Waals surface area contributed by atoms with E-state index in [-0.39, 0.29) is 5.91 Å². The number of ether oxygens (including phenoxy) is 1. The smallest absolute Gasteiger partial charge is 0.291 e. The number of methoxy groups -OCH3 is 1. The van der Waals surface area contributed by atoms with Gasteiger partial charge in [0.15, 0.2) is 6.39 Å². The van der Waals surface area contributed by atoms with Gasteiger partial charge < -0.3 is 19.0 Å². The van der Waals surface area contributed by atoms with Gasteiger partial charge in [-0.05, 0) is 56.3 Å². The molecule has 0 saturated carbocycles. The zero-order chi connectivity index (χ0) is 19.1. The van der Waals surface area contributed by atoms with Crippen molar-refractivity contribution in [3.8, 4) is 5.75 Å². The maximum Gasteiger partial charge on any atom is 0.291 e. The number of carbonyl (C=O) groups is 1. The van der Waals surface area contributed by atoms with Crippen LogP contribution in [0.5, 0.6) is 5.75 Å². The second kappa shape index (κ2) is 9.55. The minimum atomic E-state index is -0.0662. The molecule has 0 bridgehead atoms. The van der Waals surface area contributed by atoms with Gasteiger partial charge in [0.25, 0.3) is 5.91 Å². The fraction of sp³-hybridized carbons (Fsp3) is 0.524. The van der Waals surface area contributed by atoms with Gasteiger partial charge in [0.05, 0.1) is 13.3 Å². The summed E-state index contributed by atoms with van der Waals surface area (Å²) in [7, 11) is 1.70. The van der Waals surface area contributed by atoms with Crippen molar-refractivity contribution < 1.29 is 13.9 Å². The molecule has 1 aromatic carbocycles. The van der Waals surface area contributed by atoms with Crippen molar-refractivity contribution in [3.05, 3.63) is 48.2 Å². The van der Waals surface area contributed by atoms with Gasteiger partial charge in [-0.25, -0.2) is 4.98 Å². The Kier molecular flexibility index (Phi) is 6.87. The molecule has 1 saturated heterocycles. The van der Waals surface area contributed by atoms with Crippen LogP contribution in [0.15, 0.2) is 41.3 Å². The average Bonchev–Trinajstić information content (AvgIpc) is 3.25. The molecule has 1 aromatic heterocycles. The molecule has 6 nitrogen and oxygen atoms in total. The molecule has 1 aliphatic rings. The minimum Gasteiger partial charge on any atom is -0.497 e. The van der Waals surface area contributed by atoms with Gasteiger partial charge >= 0.3 is 0 Å². The van der Waals surface area contributed by atoms with Crippen molar-refractivity contribution in [2.45, 2.75) is 26.2 Å². The van der Waals surface area contributed by atoms with E-state index in [0.717, 1.165) is 44.8 Å². The predicted octanol–water partition coefficient (Wildman–Crippen LogP) is 3.10. The lowest BCUT2D eigenvalue weighted by Crippen LogP contribution is -2.43. The van der Waals surface area contributed by atoms with E-state index in [2.05, 4.69) is 22.0 Å². The lowest BCUT2D eigenvalue weighted by atomic mass is 9.96. The molecule has 6 heteroatoms. The second-order valence-corrected chi connectivity index (χ2v) is 7.12. The number of amides is 1. The first-order valence-corrected chi connectivity index (χ1v) is 9.72. The first-order valence-electron chi connectivity index (χ1n) is 9.72. The summed E-state index contributed by atoms with van der Waals surface area (Å²) in [6.45, 7) is 6.65. The van der Waals surface area contributed by atoms with Crippen LogP contribution in [0.2, 0.25) is 0 Å². The van der Waals surface area contributed by atoms with E-state index in [1.807, 2.05) is 24.0 Å². The zero-order valence-corrected chi connectivity index (χ0v) is 16.3. The molecule has 2 aromatic rings. The number of likely N-dealkylation sites (tertiary alicyclic amines) is 1. The summed E-state index contributed by atoms with van der Waals surface area (Å²) < 4.78 is 10.5. The molecule has 0 N–H and O–H groups in total. The Morgan fingerprint density at radius 1 is 1.44 bits per heavy atom. The number of nitrogens with zero attached hydrogens (tertiary/aromatic N) is 3. The fourth-order valence-corrected chi connectivity index (χ4v) is 3.76. The van der Waals surface area contributed by atoms with E-state index in [0.29, 0.717) is 18.2 Å². The Hall–Kier alpha value is -2.34. The van der Waals surface area contributed by atoms with Crippen LogP contribution in [0.3, 0.4) is 0 Å². The van der Waals surface area contributed by atoms with Crippen molar-refractivity contribution in [2.24, 2.45) is 5.92 Å². The van der Waals surface area contributed by atoms with Gasteiger partial charge in [-0.1, -0.05) is 12.1 Å². The first-order chi connectivity index (χ1) is 13.2. The quantitative estimate of drug-likeness (QED) is 0.714. The van der Waals surface area contributed by atoms with Crippen LogP contribution in [-0.4, -0.2) is 60.5 Å². The SMILES string of the molecule is CCN(C[C@@H]1CCCN(CCc2cccc(OC)c2)C1)C(=O)c1cnco1. The number of hydrogen-bond donors (Lipinski definition) is 0. The predicted molar refractivity (Wildman–Crippen MR) is 104 cm³/mol. The normalized spacial score (nSPS) is 17.6. The third-order valence-electron chi connectivity index (χ3n) is 5.24. The Morgan fingerprint density at radius 3 is 3.07 bits per heavy atom. The molecule has 0 unspecified atom stereocenters.